The van der Waals surface area contributed by atoms with Crippen molar-refractivity contribution in [1.82, 2.24) is 63.8 Å². The van der Waals surface area contributed by atoms with Crippen molar-refractivity contribution >= 4 is 88.2 Å². The Hall–Kier alpha value is -8.03. The molecule has 0 aromatic carbocycles. The van der Waals surface area contributed by atoms with Crippen molar-refractivity contribution < 1.29 is 71.9 Å². The summed E-state index contributed by atoms with van der Waals surface area (Å²) in [6.45, 7) is 13.1. The number of hydrogen-bond donors (Lipinski definition) is 29. The van der Waals surface area contributed by atoms with Crippen LogP contribution in [0.4, 0.5) is 0 Å². The molecule has 46 N–H and O–H groups in total. The molecule has 0 aliphatic rings. The standard InChI is InChI=1S/C43H88N14O7.C32H65N9O5.C19H40N6O3/c1-30(58)35(55-43(64)37(57-41(62)34(51)19-5-12-26-47)22-8-15-28-53-39(60)32(49)17-3-10-24-45)20-6-13-29-54-42(63)36(56-40(61)33(50)18-4-11-25-46)21-7-14-27-52-38(59)31(48)16-2-9-23-44;1-23(13-3-8-18-33)29(43)40-28(17-6-11-21-36)32(46)39-26(24(2)42)15-7-12-22-38-31(45)27(16-5-10-20-35)41-30(44)25(37)14-4-9-19-34;1-14(26)17(25-19(28)16(23)9-3-6-12-21)10-4-7-13-24-18(27)15(22)8-2-5-11-20/h31-37H,2-29,44-51H2,1H3,(H,52,59)(H,53,60)(H,54,63)(H,55,64)(H,56,61)(H,57,62);23,25-28H,3-22,33-37H2,1-2H3,(H,38,45)(H,39,46)(H,40,43)(H,41,44);15-17H,2-13,20-23H2,1H3,(H,24,27)(H,25,28). The minimum Gasteiger partial charge on any atom is -0.355 e. The number of unbranched alkanes of at least 4 members (excludes halogenated alkanes) is 15. The van der Waals surface area contributed by atoms with Gasteiger partial charge in [-0.2, -0.15) is 0 Å². The molecule has 44 nitrogen and oxygen atoms in total. The van der Waals surface area contributed by atoms with E-state index in [1.165, 1.54) is 20.8 Å². The number of nitrogens with one attached hydrogen (secondary N) is 12. The molecule has 804 valence electrons. The maximum absolute atomic E-state index is 13.6. The highest BCUT2D eigenvalue weighted by Crippen LogP contribution is 2.16. The first kappa shape index (κ1) is 134. The number of ketones is 3. The molecule has 15 unspecified atom stereocenters. The summed E-state index contributed by atoms with van der Waals surface area (Å²) in [7, 11) is 0. The second-order valence-corrected chi connectivity index (χ2v) is 36.2. The summed E-state index contributed by atoms with van der Waals surface area (Å²) in [5, 5.41) is 33.7. The van der Waals surface area contributed by atoms with Crippen LogP contribution in [-0.4, -0.2) is 271 Å². The van der Waals surface area contributed by atoms with E-state index in [0.29, 0.717) is 278 Å². The maximum Gasteiger partial charge on any atom is 0.243 e. The Balaban J connectivity index is -0.00000214. The molecule has 0 aromatic heterocycles. The van der Waals surface area contributed by atoms with E-state index >= 15 is 0 Å². The number of amides is 12. The Bertz CT molecular complexity index is 3290. The molecular formula is C94H193N29O15. The average molecular weight is 1970 g/mol. The van der Waals surface area contributed by atoms with Crippen molar-refractivity contribution in [1.29, 1.82) is 0 Å². The van der Waals surface area contributed by atoms with E-state index in [9.17, 15) is 71.9 Å². The number of hydrogen-bond acceptors (Lipinski definition) is 32. The van der Waals surface area contributed by atoms with Gasteiger partial charge in [-0.25, -0.2) is 0 Å². The SMILES string of the molecule is CC(=O)C(CCCCNC(=O)C(CCCCN)NC(=O)C(N)CCCCN)NC(=O)C(CCCCN)NC(=O)C(C)CCCCN.CC(=O)C(CCCCNC(=O)C(CCCCNC(=O)C(N)CCCCN)NC(=O)C(N)CCCCN)NC(=O)C(CCCCNC(=O)C(N)CCCCN)NC(=O)C(N)CCCCN.CC(=O)C(CCCCNC(=O)C(N)CCCCN)NC(=O)C(N)CCCCN. The van der Waals surface area contributed by atoms with Gasteiger partial charge in [0.2, 0.25) is 70.9 Å². The molecule has 0 fully saturated rings. The maximum atomic E-state index is 13.6. The van der Waals surface area contributed by atoms with Gasteiger partial charge in [0.05, 0.1) is 60.4 Å². The van der Waals surface area contributed by atoms with Crippen LogP contribution in [0.15, 0.2) is 0 Å². The van der Waals surface area contributed by atoms with Gasteiger partial charge in [0, 0.05) is 38.6 Å². The largest absolute Gasteiger partial charge is 0.355 e. The fourth-order valence-corrected chi connectivity index (χ4v) is 14.4. The average Bonchev–Trinajstić information content (AvgIpc) is 0.888. The van der Waals surface area contributed by atoms with Crippen LogP contribution in [-0.2, 0) is 71.9 Å². The van der Waals surface area contributed by atoms with E-state index < -0.39 is 114 Å². The minimum atomic E-state index is -0.982. The second kappa shape index (κ2) is 89.1. The second-order valence-electron chi connectivity index (χ2n) is 36.2. The Morgan fingerprint density at radius 3 is 0.514 bits per heavy atom. The zero-order chi connectivity index (χ0) is 104. The Morgan fingerprint density at radius 1 is 0.167 bits per heavy atom. The van der Waals surface area contributed by atoms with Crippen LogP contribution < -0.4 is 161 Å². The van der Waals surface area contributed by atoms with E-state index in [2.05, 4.69) is 63.8 Å². The quantitative estimate of drug-likeness (QED) is 0.0266. The van der Waals surface area contributed by atoms with Gasteiger partial charge in [-0.05, 0) is 324 Å². The predicted molar refractivity (Wildman–Crippen MR) is 544 cm³/mol. The lowest BCUT2D eigenvalue weighted by molar-refractivity contribution is -0.132. The Kier molecular flexibility index (Phi) is 86.6. The summed E-state index contributed by atoms with van der Waals surface area (Å²) >= 11 is 0. The smallest absolute Gasteiger partial charge is 0.243 e. The molecule has 138 heavy (non-hydrogen) atoms. The predicted octanol–water partition coefficient (Wildman–Crippen LogP) is -3.23. The number of carbonyl (C=O) groups excluding carboxylic acids is 15. The summed E-state index contributed by atoms with van der Waals surface area (Å²) in [4.78, 5) is 190. The van der Waals surface area contributed by atoms with Crippen LogP contribution in [0, 0.1) is 5.92 Å². The molecule has 0 spiro atoms. The van der Waals surface area contributed by atoms with Crippen molar-refractivity contribution in [3.05, 3.63) is 0 Å². The molecule has 0 bridgehead atoms. The number of rotatable bonds is 87. The lowest BCUT2D eigenvalue weighted by atomic mass is 10.0. The fraction of sp³-hybridized carbons (Fsp3) is 0.840. The molecule has 44 heteroatoms. The van der Waals surface area contributed by atoms with Crippen LogP contribution >= 0.6 is 0 Å². The van der Waals surface area contributed by atoms with E-state index in [4.69, 9.17) is 97.5 Å². The minimum absolute atomic E-state index is 0.103. The van der Waals surface area contributed by atoms with E-state index in [-0.39, 0.29) is 84.0 Å². The zero-order valence-corrected chi connectivity index (χ0v) is 84.5. The van der Waals surface area contributed by atoms with Crippen LogP contribution in [0.1, 0.15) is 317 Å². The van der Waals surface area contributed by atoms with E-state index in [1.54, 1.807) is 0 Å². The van der Waals surface area contributed by atoms with Gasteiger partial charge >= 0.3 is 0 Å². The topological polar surface area (TPSA) is 843 Å². The van der Waals surface area contributed by atoms with E-state index in [0.717, 1.165) is 89.9 Å². The summed E-state index contributed by atoms with van der Waals surface area (Å²) in [6, 6.07) is -10.2. The first-order valence-electron chi connectivity index (χ1n) is 51.3. The van der Waals surface area contributed by atoms with Gasteiger partial charge in [-0.3, -0.25) is 71.9 Å². The van der Waals surface area contributed by atoms with Crippen molar-refractivity contribution in [2.45, 2.75) is 401 Å². The highest BCUT2D eigenvalue weighted by molar-refractivity contribution is 5.95. The monoisotopic (exact) mass is 1970 g/mol. The number of nitrogens with two attached hydrogens (primary N) is 17. The third-order valence-corrected chi connectivity index (χ3v) is 23.6. The molecule has 0 aromatic rings. The Morgan fingerprint density at radius 2 is 0.312 bits per heavy atom. The van der Waals surface area contributed by atoms with Gasteiger partial charge in [0.1, 0.15) is 24.2 Å². The summed E-state index contributed by atoms with van der Waals surface area (Å²) in [6.07, 6.45) is 27.3. The lowest BCUT2D eigenvalue weighted by Gasteiger charge is -2.24. The fourth-order valence-electron chi connectivity index (χ4n) is 14.4. The number of carbonyl (C=O) groups is 15. The van der Waals surface area contributed by atoms with Gasteiger partial charge in [0.25, 0.3) is 0 Å². The molecular weight excluding hydrogens is 1780 g/mol. The van der Waals surface area contributed by atoms with Gasteiger partial charge in [0.15, 0.2) is 17.3 Å². The van der Waals surface area contributed by atoms with Gasteiger partial charge < -0.3 is 161 Å². The van der Waals surface area contributed by atoms with Crippen molar-refractivity contribution in [3.63, 3.8) is 0 Å². The highest BCUT2D eigenvalue weighted by atomic mass is 16.2. The van der Waals surface area contributed by atoms with Crippen LogP contribution in [0.25, 0.3) is 0 Å². The molecule has 0 saturated heterocycles. The molecule has 12 amide bonds. The molecule has 0 aliphatic carbocycles. The van der Waals surface area contributed by atoms with Crippen LogP contribution in [0.5, 0.6) is 0 Å². The molecule has 0 rings (SSSR count). The lowest BCUT2D eigenvalue weighted by Crippen LogP contribution is -2.54. The third-order valence-electron chi connectivity index (χ3n) is 23.6. The Labute approximate surface area is 822 Å². The van der Waals surface area contributed by atoms with Crippen LogP contribution in [0.2, 0.25) is 0 Å². The van der Waals surface area contributed by atoms with E-state index in [1.807, 2.05) is 6.92 Å². The zero-order valence-electron chi connectivity index (χ0n) is 84.5. The summed E-state index contributed by atoms with van der Waals surface area (Å²) in [5.41, 5.74) is 97.2. The normalized spacial score (nSPS) is 14.4. The first-order chi connectivity index (χ1) is 66.0. The molecule has 0 heterocycles. The number of Topliss-reactive ketones (excluding diaryl/α,β-unsaturated/α-hetero) is 3. The van der Waals surface area contributed by atoms with Crippen LogP contribution in [0.3, 0.4) is 0 Å². The van der Waals surface area contributed by atoms with Gasteiger partial charge in [-0.15, -0.1) is 0 Å². The highest BCUT2D eigenvalue weighted by Gasteiger charge is 2.32. The third kappa shape index (κ3) is 71.4. The molecule has 0 radical (unpaired) electrons. The van der Waals surface area contributed by atoms with Crippen molar-refractivity contribution in [2.75, 3.05) is 98.2 Å². The van der Waals surface area contributed by atoms with Gasteiger partial charge in [-0.1, -0.05) is 58.3 Å². The summed E-state index contributed by atoms with van der Waals surface area (Å²) in [5.74, 6) is -4.97. The van der Waals surface area contributed by atoms with Crippen molar-refractivity contribution in [3.8, 4) is 0 Å². The first-order valence-corrected chi connectivity index (χ1v) is 51.3. The molecule has 0 saturated carbocycles. The van der Waals surface area contributed by atoms with Crippen molar-refractivity contribution in [2.24, 2.45) is 103 Å². The molecule has 15 atom stereocenters. The summed E-state index contributed by atoms with van der Waals surface area (Å²) < 4.78 is 0. The molecule has 0 aliphatic heterocycles.